The van der Waals surface area contributed by atoms with Crippen LogP contribution in [0.25, 0.3) is 10.2 Å². The Balaban J connectivity index is 1.50. The molecule has 174 valence electrons. The molecule has 0 saturated heterocycles. The lowest BCUT2D eigenvalue weighted by Crippen LogP contribution is -2.36. The Hall–Kier alpha value is -2.94. The summed E-state index contributed by atoms with van der Waals surface area (Å²) in [6, 6.07) is 7.53. The SMILES string of the molecule is Cc1cc(C(=O)NC2CCCCC2)ccc1NC(=O)c1sc2nc(C(F)(F)F)ccc2c1C. The Morgan fingerprint density at radius 3 is 2.42 bits per heavy atom. The number of carbonyl (C=O) groups is 2. The van der Waals surface area contributed by atoms with E-state index in [4.69, 9.17) is 0 Å². The van der Waals surface area contributed by atoms with Crippen molar-refractivity contribution in [1.82, 2.24) is 10.3 Å². The molecule has 1 aliphatic rings. The minimum absolute atomic E-state index is 0.130. The van der Waals surface area contributed by atoms with E-state index >= 15 is 0 Å². The number of hydrogen-bond donors (Lipinski definition) is 2. The topological polar surface area (TPSA) is 71.1 Å². The van der Waals surface area contributed by atoms with Crippen LogP contribution in [0.3, 0.4) is 0 Å². The second-order valence-electron chi connectivity index (χ2n) is 8.40. The van der Waals surface area contributed by atoms with E-state index in [0.29, 0.717) is 27.1 Å². The molecule has 4 rings (SSSR count). The van der Waals surface area contributed by atoms with Gasteiger partial charge in [0.25, 0.3) is 11.8 Å². The molecule has 5 nitrogen and oxygen atoms in total. The number of nitrogens with zero attached hydrogens (tertiary/aromatic N) is 1. The van der Waals surface area contributed by atoms with Crippen LogP contribution in [0.2, 0.25) is 0 Å². The second kappa shape index (κ2) is 9.13. The zero-order valence-electron chi connectivity index (χ0n) is 18.3. The van der Waals surface area contributed by atoms with Gasteiger partial charge in [-0.3, -0.25) is 9.59 Å². The fourth-order valence-corrected chi connectivity index (χ4v) is 5.19. The Kier molecular flexibility index (Phi) is 6.43. The summed E-state index contributed by atoms with van der Waals surface area (Å²) in [5, 5.41) is 6.40. The molecule has 0 radical (unpaired) electrons. The highest BCUT2D eigenvalue weighted by molar-refractivity contribution is 7.20. The fraction of sp³-hybridized carbons (Fsp3) is 0.375. The smallest absolute Gasteiger partial charge is 0.349 e. The van der Waals surface area contributed by atoms with Crippen molar-refractivity contribution in [2.75, 3.05) is 5.32 Å². The van der Waals surface area contributed by atoms with Crippen LogP contribution in [0.1, 0.15) is 69.0 Å². The van der Waals surface area contributed by atoms with Gasteiger partial charge < -0.3 is 10.6 Å². The number of benzene rings is 1. The Morgan fingerprint density at radius 2 is 1.76 bits per heavy atom. The summed E-state index contributed by atoms with van der Waals surface area (Å²) in [6.45, 7) is 3.48. The van der Waals surface area contributed by atoms with E-state index in [2.05, 4.69) is 15.6 Å². The maximum absolute atomic E-state index is 13.0. The number of alkyl halides is 3. The molecule has 3 aromatic rings. The van der Waals surface area contributed by atoms with Gasteiger partial charge in [-0.1, -0.05) is 19.3 Å². The predicted octanol–water partition coefficient (Wildman–Crippen LogP) is 6.25. The first-order valence-electron chi connectivity index (χ1n) is 10.8. The van der Waals surface area contributed by atoms with E-state index in [-0.39, 0.29) is 16.8 Å². The van der Waals surface area contributed by atoms with Crippen LogP contribution < -0.4 is 10.6 Å². The highest BCUT2D eigenvalue weighted by atomic mass is 32.1. The van der Waals surface area contributed by atoms with Crippen molar-refractivity contribution in [3.05, 3.63) is 57.6 Å². The molecule has 1 fully saturated rings. The highest BCUT2D eigenvalue weighted by Gasteiger charge is 2.33. The van der Waals surface area contributed by atoms with Crippen molar-refractivity contribution in [3.8, 4) is 0 Å². The number of halogens is 3. The van der Waals surface area contributed by atoms with E-state index in [1.54, 1.807) is 32.0 Å². The van der Waals surface area contributed by atoms with Crippen LogP contribution in [0.5, 0.6) is 0 Å². The zero-order chi connectivity index (χ0) is 23.8. The van der Waals surface area contributed by atoms with Crippen LogP contribution >= 0.6 is 11.3 Å². The fourth-order valence-electron chi connectivity index (χ4n) is 4.11. The van der Waals surface area contributed by atoms with E-state index < -0.39 is 17.8 Å². The van der Waals surface area contributed by atoms with Crippen molar-refractivity contribution in [2.45, 2.75) is 58.2 Å². The van der Waals surface area contributed by atoms with Gasteiger partial charge in [0, 0.05) is 22.7 Å². The molecule has 2 N–H and O–H groups in total. The normalized spacial score (nSPS) is 14.9. The number of pyridine rings is 1. The van der Waals surface area contributed by atoms with Gasteiger partial charge in [0.1, 0.15) is 10.5 Å². The monoisotopic (exact) mass is 475 g/mol. The van der Waals surface area contributed by atoms with Gasteiger partial charge >= 0.3 is 6.18 Å². The number of thiophene rings is 1. The molecule has 0 aliphatic heterocycles. The molecular weight excluding hydrogens is 451 g/mol. The van der Waals surface area contributed by atoms with Crippen LogP contribution in [0.15, 0.2) is 30.3 Å². The number of rotatable bonds is 4. The van der Waals surface area contributed by atoms with Gasteiger partial charge in [-0.15, -0.1) is 11.3 Å². The quantitative estimate of drug-likeness (QED) is 0.469. The minimum atomic E-state index is -4.54. The highest BCUT2D eigenvalue weighted by Crippen LogP contribution is 2.34. The van der Waals surface area contributed by atoms with E-state index in [1.165, 1.54) is 12.5 Å². The standard InChI is InChI=1S/C24H24F3N3O2S/c1-13-12-15(21(31)28-16-6-4-3-5-7-16)8-10-18(13)29-22(32)20-14(2)17-9-11-19(24(25,26)27)30-23(17)33-20/h8-12,16H,3-7H2,1-2H3,(H,28,31)(H,29,32). The third kappa shape index (κ3) is 5.03. The van der Waals surface area contributed by atoms with Crippen LogP contribution in [-0.2, 0) is 6.18 Å². The number of hydrogen-bond acceptors (Lipinski definition) is 4. The van der Waals surface area contributed by atoms with Gasteiger partial charge in [0.2, 0.25) is 0 Å². The van der Waals surface area contributed by atoms with Gasteiger partial charge in [-0.2, -0.15) is 13.2 Å². The average molecular weight is 476 g/mol. The van der Waals surface area contributed by atoms with Gasteiger partial charge in [0.05, 0.1) is 4.88 Å². The average Bonchev–Trinajstić information content (AvgIpc) is 3.11. The number of anilines is 1. The van der Waals surface area contributed by atoms with E-state index in [0.717, 1.165) is 48.6 Å². The maximum Gasteiger partial charge on any atom is 0.433 e. The molecule has 0 bridgehead atoms. The lowest BCUT2D eigenvalue weighted by Gasteiger charge is -2.23. The van der Waals surface area contributed by atoms with Gasteiger partial charge in [-0.25, -0.2) is 4.98 Å². The van der Waals surface area contributed by atoms with Crippen molar-refractivity contribution < 1.29 is 22.8 Å². The minimum Gasteiger partial charge on any atom is -0.349 e. The molecule has 2 aromatic heterocycles. The zero-order valence-corrected chi connectivity index (χ0v) is 19.1. The summed E-state index contributed by atoms with van der Waals surface area (Å²) < 4.78 is 38.9. The summed E-state index contributed by atoms with van der Waals surface area (Å²) in [7, 11) is 0. The lowest BCUT2D eigenvalue weighted by atomic mass is 9.95. The van der Waals surface area contributed by atoms with Crippen molar-refractivity contribution in [2.24, 2.45) is 0 Å². The van der Waals surface area contributed by atoms with E-state index in [9.17, 15) is 22.8 Å². The number of amides is 2. The first-order chi connectivity index (χ1) is 15.6. The first-order valence-corrected chi connectivity index (χ1v) is 11.7. The molecular formula is C24H24F3N3O2S. The van der Waals surface area contributed by atoms with Crippen molar-refractivity contribution in [1.29, 1.82) is 0 Å². The summed E-state index contributed by atoms with van der Waals surface area (Å²) in [6.07, 6.45) is 0.896. The summed E-state index contributed by atoms with van der Waals surface area (Å²) in [4.78, 5) is 29.6. The maximum atomic E-state index is 13.0. The number of aromatic nitrogens is 1. The third-order valence-corrected chi connectivity index (χ3v) is 7.18. The molecule has 1 aromatic carbocycles. The Labute approximate surface area is 193 Å². The van der Waals surface area contributed by atoms with E-state index in [1.807, 2.05) is 0 Å². The first kappa shape index (κ1) is 23.2. The molecule has 2 heterocycles. The Morgan fingerprint density at radius 1 is 1.03 bits per heavy atom. The summed E-state index contributed by atoms with van der Waals surface area (Å²) in [5.74, 6) is -0.554. The predicted molar refractivity (Wildman–Crippen MR) is 123 cm³/mol. The van der Waals surface area contributed by atoms with Crippen LogP contribution in [0, 0.1) is 13.8 Å². The van der Waals surface area contributed by atoms with Gasteiger partial charge in [0.15, 0.2) is 0 Å². The molecule has 1 aliphatic carbocycles. The molecule has 33 heavy (non-hydrogen) atoms. The molecule has 0 unspecified atom stereocenters. The molecule has 0 atom stereocenters. The second-order valence-corrected chi connectivity index (χ2v) is 9.39. The number of carbonyl (C=O) groups excluding carboxylic acids is 2. The number of aryl methyl sites for hydroxylation is 2. The summed E-state index contributed by atoms with van der Waals surface area (Å²) in [5.41, 5.74) is 1.37. The largest absolute Gasteiger partial charge is 0.433 e. The number of nitrogens with one attached hydrogen (secondary N) is 2. The lowest BCUT2D eigenvalue weighted by molar-refractivity contribution is -0.140. The molecule has 0 spiro atoms. The van der Waals surface area contributed by atoms with Crippen molar-refractivity contribution in [3.63, 3.8) is 0 Å². The third-order valence-electron chi connectivity index (χ3n) is 5.98. The van der Waals surface area contributed by atoms with Crippen molar-refractivity contribution >= 4 is 39.1 Å². The van der Waals surface area contributed by atoms with Crippen LogP contribution in [-0.4, -0.2) is 22.8 Å². The molecule has 2 amide bonds. The molecule has 1 saturated carbocycles. The molecule has 9 heteroatoms. The Bertz CT molecular complexity index is 1210. The summed E-state index contributed by atoms with van der Waals surface area (Å²) >= 11 is 0.928. The van der Waals surface area contributed by atoms with Crippen LogP contribution in [0.4, 0.5) is 18.9 Å². The van der Waals surface area contributed by atoms with Gasteiger partial charge in [-0.05, 0) is 68.1 Å². The number of fused-ring (bicyclic) bond motifs is 1.